The van der Waals surface area contributed by atoms with Crippen molar-refractivity contribution in [3.8, 4) is 5.75 Å². The Bertz CT molecular complexity index is 757. The van der Waals surface area contributed by atoms with E-state index in [1.54, 1.807) is 42.5 Å². The number of halogens is 1. The van der Waals surface area contributed by atoms with Crippen molar-refractivity contribution in [2.24, 2.45) is 0 Å². The van der Waals surface area contributed by atoms with Crippen molar-refractivity contribution in [1.82, 2.24) is 0 Å². The van der Waals surface area contributed by atoms with Gasteiger partial charge in [-0.05, 0) is 36.2 Å². The van der Waals surface area contributed by atoms with Gasteiger partial charge in [0.1, 0.15) is 5.75 Å². The maximum Gasteiger partial charge on any atom is 0.311 e. The predicted molar refractivity (Wildman–Crippen MR) is 90.0 cm³/mol. The van der Waals surface area contributed by atoms with Crippen LogP contribution in [-0.4, -0.2) is 25.2 Å². The van der Waals surface area contributed by atoms with E-state index in [0.29, 0.717) is 5.56 Å². The van der Waals surface area contributed by atoms with Gasteiger partial charge < -0.3 is 9.29 Å². The monoisotopic (exact) mass is 398 g/mol. The van der Waals surface area contributed by atoms with Gasteiger partial charge in [-0.15, -0.1) is 0 Å². The van der Waals surface area contributed by atoms with E-state index in [1.165, 1.54) is 12.1 Å². The Morgan fingerprint density at radius 3 is 2.26 bits per heavy atom. The molecule has 2 aromatic carbocycles. The van der Waals surface area contributed by atoms with Gasteiger partial charge in [0.15, 0.2) is 0 Å². The Morgan fingerprint density at radius 2 is 1.70 bits per heavy atom. The first-order valence-corrected chi connectivity index (χ1v) is 9.20. The Morgan fingerprint density at radius 1 is 1.09 bits per heavy atom. The second-order valence-corrected chi connectivity index (χ2v) is 7.50. The van der Waals surface area contributed by atoms with Gasteiger partial charge in [-0.2, -0.15) is 8.42 Å². The van der Waals surface area contributed by atoms with Gasteiger partial charge in [0, 0.05) is 4.47 Å². The number of para-hydroxylation sites is 1. The summed E-state index contributed by atoms with van der Waals surface area (Å²) in [7, 11) is -3.85. The van der Waals surface area contributed by atoms with Crippen molar-refractivity contribution >= 4 is 32.0 Å². The van der Waals surface area contributed by atoms with Crippen molar-refractivity contribution in [2.45, 2.75) is 12.3 Å². The highest BCUT2D eigenvalue weighted by Crippen LogP contribution is 2.23. The summed E-state index contributed by atoms with van der Waals surface area (Å²) in [5.74, 6) is -2.14. The third-order valence-corrected chi connectivity index (χ3v) is 4.90. The molecule has 0 heterocycles. The minimum atomic E-state index is -3.85. The summed E-state index contributed by atoms with van der Waals surface area (Å²) in [5.41, 5.74) is 0.551. The second-order valence-electron chi connectivity index (χ2n) is 4.89. The van der Waals surface area contributed by atoms with Crippen LogP contribution >= 0.6 is 15.9 Å². The van der Waals surface area contributed by atoms with E-state index in [4.69, 9.17) is 4.18 Å². The number of aliphatic carboxylic acids is 1. The minimum absolute atomic E-state index is 0.0634. The molecule has 0 saturated heterocycles. The third kappa shape index (κ3) is 5.37. The molecule has 0 fully saturated rings. The van der Waals surface area contributed by atoms with Crippen molar-refractivity contribution < 1.29 is 22.5 Å². The molecule has 0 amide bonds. The highest BCUT2D eigenvalue weighted by atomic mass is 79.9. The highest BCUT2D eigenvalue weighted by molar-refractivity contribution is 9.10. The van der Waals surface area contributed by atoms with Crippen LogP contribution in [0.15, 0.2) is 59.1 Å². The van der Waals surface area contributed by atoms with Crippen molar-refractivity contribution in [1.29, 1.82) is 0 Å². The van der Waals surface area contributed by atoms with Crippen LogP contribution in [0.2, 0.25) is 0 Å². The van der Waals surface area contributed by atoms with Crippen LogP contribution in [0.5, 0.6) is 5.75 Å². The van der Waals surface area contributed by atoms with E-state index in [1.807, 2.05) is 0 Å². The molecule has 1 N–H and O–H groups in total. The van der Waals surface area contributed by atoms with E-state index >= 15 is 0 Å². The number of carbonyl (C=O) groups is 1. The zero-order chi connectivity index (χ0) is 16.9. The van der Waals surface area contributed by atoms with Crippen molar-refractivity contribution in [2.75, 3.05) is 5.75 Å². The Kier molecular flexibility index (Phi) is 5.79. The fraction of sp³-hybridized carbons (Fsp3) is 0.188. The van der Waals surface area contributed by atoms with E-state index < -0.39 is 22.0 Å². The van der Waals surface area contributed by atoms with Crippen LogP contribution in [0, 0.1) is 0 Å². The molecule has 0 aliphatic carbocycles. The molecule has 0 radical (unpaired) electrons. The molecule has 1 unspecified atom stereocenters. The lowest BCUT2D eigenvalue weighted by Gasteiger charge is -2.13. The Labute approximate surface area is 143 Å². The molecule has 122 valence electrons. The Hall–Kier alpha value is -1.86. The lowest BCUT2D eigenvalue weighted by atomic mass is 9.97. The molecule has 2 rings (SSSR count). The lowest BCUT2D eigenvalue weighted by molar-refractivity contribution is -0.138. The molecule has 2 aromatic rings. The third-order valence-electron chi connectivity index (χ3n) is 3.19. The first-order valence-electron chi connectivity index (χ1n) is 6.83. The molecule has 0 aromatic heterocycles. The molecule has 5 nitrogen and oxygen atoms in total. The molecule has 1 atom stereocenters. The number of rotatable bonds is 7. The van der Waals surface area contributed by atoms with E-state index in [2.05, 4.69) is 15.9 Å². The van der Waals surface area contributed by atoms with Crippen LogP contribution in [-0.2, 0) is 14.9 Å². The minimum Gasteiger partial charge on any atom is -0.481 e. The summed E-state index contributed by atoms with van der Waals surface area (Å²) in [6.45, 7) is 0. The number of carboxylic acid groups (broad SMARTS) is 1. The topological polar surface area (TPSA) is 80.7 Å². The second kappa shape index (κ2) is 7.61. The van der Waals surface area contributed by atoms with Crippen LogP contribution in [0.1, 0.15) is 17.9 Å². The van der Waals surface area contributed by atoms with Crippen LogP contribution in [0.4, 0.5) is 0 Å². The van der Waals surface area contributed by atoms with Crippen molar-refractivity contribution in [3.05, 3.63) is 64.6 Å². The lowest BCUT2D eigenvalue weighted by Crippen LogP contribution is -2.20. The number of hydrogen-bond donors (Lipinski definition) is 1. The summed E-state index contributed by atoms with van der Waals surface area (Å²) in [5, 5.41) is 9.34. The molecule has 7 heteroatoms. The summed E-state index contributed by atoms with van der Waals surface area (Å²) in [6, 6.07) is 14.9. The largest absolute Gasteiger partial charge is 0.481 e. The molecule has 0 bridgehead atoms. The molecule has 0 saturated carbocycles. The van der Waals surface area contributed by atoms with Gasteiger partial charge in [0.2, 0.25) is 0 Å². The fourth-order valence-electron chi connectivity index (χ4n) is 2.05. The Balaban J connectivity index is 2.06. The SMILES string of the molecule is O=C(O)C(CCS(=O)(=O)Oc1ccccc1)c1ccc(Br)cc1. The smallest absolute Gasteiger partial charge is 0.311 e. The molecule has 0 aliphatic heterocycles. The van der Waals surface area contributed by atoms with Crippen LogP contribution < -0.4 is 4.18 Å². The quantitative estimate of drug-likeness (QED) is 0.722. The maximum absolute atomic E-state index is 12.0. The van der Waals surface area contributed by atoms with Gasteiger partial charge in [-0.3, -0.25) is 4.79 Å². The van der Waals surface area contributed by atoms with E-state index in [9.17, 15) is 18.3 Å². The van der Waals surface area contributed by atoms with Gasteiger partial charge in [0.05, 0.1) is 11.7 Å². The van der Waals surface area contributed by atoms with Crippen molar-refractivity contribution in [3.63, 3.8) is 0 Å². The van der Waals surface area contributed by atoms with Gasteiger partial charge in [-0.25, -0.2) is 0 Å². The van der Waals surface area contributed by atoms with Crippen LogP contribution in [0.3, 0.4) is 0 Å². The molecular weight excluding hydrogens is 384 g/mol. The normalized spacial score (nSPS) is 12.6. The zero-order valence-corrected chi connectivity index (χ0v) is 14.5. The first-order chi connectivity index (χ1) is 10.9. The van der Waals surface area contributed by atoms with E-state index in [-0.39, 0.29) is 17.9 Å². The molecule has 23 heavy (non-hydrogen) atoms. The molecule has 0 aliphatic rings. The average Bonchev–Trinajstić information content (AvgIpc) is 2.49. The van der Waals surface area contributed by atoms with Gasteiger partial charge in [-0.1, -0.05) is 46.3 Å². The first kappa shape index (κ1) is 17.5. The number of hydrogen-bond acceptors (Lipinski definition) is 4. The highest BCUT2D eigenvalue weighted by Gasteiger charge is 2.24. The average molecular weight is 399 g/mol. The summed E-state index contributed by atoms with van der Waals surface area (Å²) >= 11 is 3.28. The van der Waals surface area contributed by atoms with Crippen LogP contribution in [0.25, 0.3) is 0 Å². The summed E-state index contributed by atoms with van der Waals surface area (Å²) < 4.78 is 29.8. The van der Waals surface area contributed by atoms with Gasteiger partial charge in [0.25, 0.3) is 0 Å². The zero-order valence-electron chi connectivity index (χ0n) is 12.1. The van der Waals surface area contributed by atoms with Gasteiger partial charge >= 0.3 is 16.1 Å². The molecule has 0 spiro atoms. The number of carboxylic acids is 1. The van der Waals surface area contributed by atoms with E-state index in [0.717, 1.165) is 4.47 Å². The number of benzene rings is 2. The predicted octanol–water partition coefficient (Wildman–Crippen LogP) is 3.42. The maximum atomic E-state index is 12.0. The summed E-state index contributed by atoms with van der Waals surface area (Å²) in [4.78, 5) is 11.4. The molecular formula is C16H15BrO5S. The fourth-order valence-corrected chi connectivity index (χ4v) is 3.33. The standard InChI is InChI=1S/C16H15BrO5S/c17-13-8-6-12(7-9-13)15(16(18)19)10-11-23(20,21)22-14-4-2-1-3-5-14/h1-9,15H,10-11H2,(H,18,19). The summed E-state index contributed by atoms with van der Waals surface area (Å²) in [6.07, 6.45) is -0.0634.